The van der Waals surface area contributed by atoms with Crippen LogP contribution < -0.4 is 9.63 Å². The smallest absolute Gasteiger partial charge is 0.251 e. The van der Waals surface area contributed by atoms with Crippen molar-refractivity contribution in [3.8, 4) is 0 Å². The summed E-state index contributed by atoms with van der Waals surface area (Å²) in [5.41, 5.74) is 1.64. The first-order chi connectivity index (χ1) is 14.0. The number of nitrogens with zero attached hydrogens (tertiary/aromatic N) is 3. The van der Waals surface area contributed by atoms with E-state index in [0.29, 0.717) is 36.0 Å². The topological polar surface area (TPSA) is 84.6 Å². The Hall–Kier alpha value is -2.10. The summed E-state index contributed by atoms with van der Waals surface area (Å²) in [6.07, 6.45) is 4.90. The average molecular weight is 434 g/mol. The molecule has 7 nitrogen and oxygen atoms in total. The third-order valence-electron chi connectivity index (χ3n) is 5.33. The van der Waals surface area contributed by atoms with Crippen molar-refractivity contribution >= 4 is 33.4 Å². The molecule has 1 amide bonds. The maximum absolute atomic E-state index is 12.9. The lowest BCUT2D eigenvalue weighted by Crippen LogP contribution is -2.35. The average Bonchev–Trinajstić information content (AvgIpc) is 3.17. The van der Waals surface area contributed by atoms with Crippen molar-refractivity contribution in [3.63, 3.8) is 0 Å². The number of benzene rings is 1. The molecule has 2 aliphatic heterocycles. The van der Waals surface area contributed by atoms with Gasteiger partial charge in [0.15, 0.2) is 6.20 Å². The molecule has 0 N–H and O–H groups in total. The first-order valence-corrected chi connectivity index (χ1v) is 12.1. The lowest BCUT2D eigenvalue weighted by molar-refractivity contribution is -0.645. The Balaban J connectivity index is 1.48. The fourth-order valence-electron chi connectivity index (χ4n) is 3.79. The summed E-state index contributed by atoms with van der Waals surface area (Å²) in [7, 11) is -3.48. The number of fused-ring (bicyclic) bond motifs is 1. The normalized spacial score (nSPS) is 17.3. The van der Waals surface area contributed by atoms with Crippen molar-refractivity contribution < 1.29 is 17.9 Å². The lowest BCUT2D eigenvalue weighted by atomic mass is 10.2. The number of sulfonamides is 1. The van der Waals surface area contributed by atoms with Crippen molar-refractivity contribution in [2.75, 3.05) is 30.3 Å². The second-order valence-electron chi connectivity index (χ2n) is 7.20. The highest BCUT2D eigenvalue weighted by Crippen LogP contribution is 2.32. The van der Waals surface area contributed by atoms with Crippen LogP contribution in [0.15, 0.2) is 52.5 Å². The zero-order chi connectivity index (χ0) is 20.4. The van der Waals surface area contributed by atoms with Crippen LogP contribution in [-0.2, 0) is 21.2 Å². The summed E-state index contributed by atoms with van der Waals surface area (Å²) in [6.45, 7) is 1.66. The van der Waals surface area contributed by atoms with E-state index in [1.54, 1.807) is 45.6 Å². The first-order valence-electron chi connectivity index (χ1n) is 9.71. The fraction of sp³-hybridized carbons (Fsp3) is 0.400. The molecule has 0 unspecified atom stereocenters. The van der Waals surface area contributed by atoms with Gasteiger partial charge in [-0.05, 0) is 60.9 Å². The van der Waals surface area contributed by atoms with E-state index >= 15 is 0 Å². The van der Waals surface area contributed by atoms with Gasteiger partial charge in [-0.25, -0.2) is 8.42 Å². The van der Waals surface area contributed by atoms with Gasteiger partial charge in [0.05, 0.1) is 10.6 Å². The van der Waals surface area contributed by atoms with E-state index in [1.807, 2.05) is 0 Å². The molecule has 0 spiro atoms. The van der Waals surface area contributed by atoms with Crippen molar-refractivity contribution in [2.45, 2.75) is 35.6 Å². The Morgan fingerprint density at radius 2 is 1.90 bits per heavy atom. The van der Waals surface area contributed by atoms with Gasteiger partial charge in [0.1, 0.15) is 0 Å². The van der Waals surface area contributed by atoms with Gasteiger partial charge in [-0.2, -0.15) is 9.04 Å². The number of piperidine rings is 1. The minimum absolute atomic E-state index is 0.0933. The lowest BCUT2D eigenvalue weighted by Gasteiger charge is -2.26. The maximum Gasteiger partial charge on any atom is 0.251 e. The molecular formula is C20H23N3O4S2. The number of anilines is 1. The van der Waals surface area contributed by atoms with Gasteiger partial charge in [-0.1, -0.05) is 6.42 Å². The number of hydrogen-bond donors (Lipinski definition) is 0. The largest absolute Gasteiger partial charge is 0.618 e. The number of amides is 1. The van der Waals surface area contributed by atoms with Crippen LogP contribution in [0, 0.1) is 5.21 Å². The van der Waals surface area contributed by atoms with Crippen LogP contribution in [0.25, 0.3) is 0 Å². The van der Waals surface area contributed by atoms with Crippen LogP contribution >= 0.6 is 11.8 Å². The first kappa shape index (κ1) is 20.2. The predicted octanol–water partition coefficient (Wildman–Crippen LogP) is 2.18. The van der Waals surface area contributed by atoms with E-state index in [2.05, 4.69) is 0 Å². The molecule has 1 fully saturated rings. The third-order valence-corrected chi connectivity index (χ3v) is 8.23. The Kier molecular flexibility index (Phi) is 5.80. The molecular weight excluding hydrogens is 410 g/mol. The third kappa shape index (κ3) is 4.12. The number of hydrogen-bond acceptors (Lipinski definition) is 5. The number of rotatable bonds is 5. The molecule has 1 saturated heterocycles. The van der Waals surface area contributed by atoms with Gasteiger partial charge in [0.25, 0.3) is 5.03 Å². The number of pyridine rings is 1. The molecule has 1 aromatic heterocycles. The molecule has 3 heterocycles. The van der Waals surface area contributed by atoms with E-state index < -0.39 is 10.0 Å². The quantitative estimate of drug-likeness (QED) is 0.410. The molecule has 0 aliphatic carbocycles. The predicted molar refractivity (Wildman–Crippen MR) is 111 cm³/mol. The molecule has 29 heavy (non-hydrogen) atoms. The second-order valence-corrected chi connectivity index (χ2v) is 10.1. The van der Waals surface area contributed by atoms with E-state index in [0.717, 1.165) is 35.2 Å². The minimum Gasteiger partial charge on any atom is -0.618 e. The van der Waals surface area contributed by atoms with Crippen LogP contribution in [0.3, 0.4) is 0 Å². The van der Waals surface area contributed by atoms with Crippen LogP contribution in [0.1, 0.15) is 24.8 Å². The van der Waals surface area contributed by atoms with Gasteiger partial charge in [-0.15, -0.1) is 0 Å². The van der Waals surface area contributed by atoms with Gasteiger partial charge in [-0.3, -0.25) is 4.79 Å². The monoisotopic (exact) mass is 433 g/mol. The zero-order valence-electron chi connectivity index (χ0n) is 16.0. The van der Waals surface area contributed by atoms with Crippen molar-refractivity contribution in [3.05, 3.63) is 53.4 Å². The van der Waals surface area contributed by atoms with E-state index in [-0.39, 0.29) is 11.7 Å². The second kappa shape index (κ2) is 8.33. The van der Waals surface area contributed by atoms with E-state index in [4.69, 9.17) is 0 Å². The van der Waals surface area contributed by atoms with Gasteiger partial charge in [0, 0.05) is 37.5 Å². The molecule has 2 aliphatic rings. The summed E-state index contributed by atoms with van der Waals surface area (Å²) in [6, 6.07) is 10.1. The molecule has 0 saturated carbocycles. The SMILES string of the molecule is O=C(CSc1cccc[n+]1[O-])N1CCc2cc(S(=O)(=O)N3CCCCC3)ccc21. The standard InChI is InChI=1S/C20H23N3O4S2/c24-19(15-28-20-6-2-5-12-23(20)25)22-13-9-16-14-17(7-8-18(16)22)29(26,27)21-10-3-1-4-11-21/h2,5-8,12,14H,1,3-4,9-11,13,15H2. The minimum atomic E-state index is -3.48. The van der Waals surface area contributed by atoms with Gasteiger partial charge < -0.3 is 10.1 Å². The number of carbonyl (C=O) groups excluding carboxylic acids is 1. The Bertz CT molecular complexity index is 1020. The summed E-state index contributed by atoms with van der Waals surface area (Å²) in [5, 5.41) is 12.2. The molecule has 9 heteroatoms. The Morgan fingerprint density at radius 1 is 1.10 bits per heavy atom. The molecule has 4 rings (SSSR count). The molecule has 0 atom stereocenters. The van der Waals surface area contributed by atoms with Crippen molar-refractivity contribution in [2.24, 2.45) is 0 Å². The molecule has 0 bridgehead atoms. The number of carbonyl (C=O) groups is 1. The van der Waals surface area contributed by atoms with Crippen LogP contribution in [0.2, 0.25) is 0 Å². The number of aromatic nitrogens is 1. The highest BCUT2D eigenvalue weighted by Gasteiger charge is 2.30. The zero-order valence-corrected chi connectivity index (χ0v) is 17.6. The Morgan fingerprint density at radius 3 is 2.66 bits per heavy atom. The summed E-state index contributed by atoms with van der Waals surface area (Å²) < 4.78 is 28.1. The highest BCUT2D eigenvalue weighted by molar-refractivity contribution is 7.99. The fourth-order valence-corrected chi connectivity index (χ4v) is 6.15. The molecule has 0 radical (unpaired) electrons. The van der Waals surface area contributed by atoms with Crippen LogP contribution in [0.4, 0.5) is 5.69 Å². The molecule has 154 valence electrons. The summed E-state index contributed by atoms with van der Waals surface area (Å²) >= 11 is 1.20. The summed E-state index contributed by atoms with van der Waals surface area (Å²) in [5.74, 6) is 0.0590. The van der Waals surface area contributed by atoms with Gasteiger partial charge in [0.2, 0.25) is 15.9 Å². The molecule has 2 aromatic rings. The molecule has 1 aromatic carbocycles. The Labute approximate surface area is 175 Å². The van der Waals surface area contributed by atoms with Crippen LogP contribution in [0.5, 0.6) is 0 Å². The van der Waals surface area contributed by atoms with Gasteiger partial charge >= 0.3 is 0 Å². The van der Waals surface area contributed by atoms with E-state index in [1.165, 1.54) is 18.0 Å². The van der Waals surface area contributed by atoms with E-state index in [9.17, 15) is 18.4 Å². The number of thioether (sulfide) groups is 1. The van der Waals surface area contributed by atoms with Crippen molar-refractivity contribution in [1.29, 1.82) is 0 Å². The highest BCUT2D eigenvalue weighted by atomic mass is 32.2. The van der Waals surface area contributed by atoms with Crippen LogP contribution in [-0.4, -0.2) is 44.0 Å². The maximum atomic E-state index is 12.9. The summed E-state index contributed by atoms with van der Waals surface area (Å²) in [4.78, 5) is 14.7. The van der Waals surface area contributed by atoms with Crippen molar-refractivity contribution in [1.82, 2.24) is 4.31 Å².